The molecule has 5 nitrogen and oxygen atoms in total. The predicted molar refractivity (Wildman–Crippen MR) is 64.6 cm³/mol. The van der Waals surface area contributed by atoms with Gasteiger partial charge in [-0.25, -0.2) is 17.9 Å². The lowest BCUT2D eigenvalue weighted by atomic mass is 10.2. The fourth-order valence-corrected chi connectivity index (χ4v) is 1.85. The van der Waals surface area contributed by atoms with E-state index in [4.69, 9.17) is 0 Å². The number of ether oxygens (including phenoxy) is 1. The molecule has 0 aromatic heterocycles. The van der Waals surface area contributed by atoms with E-state index in [1.54, 1.807) is 29.0 Å². The maximum Gasteiger partial charge on any atom is 0.420 e. The lowest BCUT2D eigenvalue weighted by molar-refractivity contribution is 0.178. The highest BCUT2D eigenvalue weighted by atomic mass is 32.2. The molecule has 92 valence electrons. The molecule has 0 radical (unpaired) electrons. The second-order valence-electron chi connectivity index (χ2n) is 3.26. The Hall–Kier alpha value is -1.82. The number of hydrogen-bond acceptors (Lipinski definition) is 4. The lowest BCUT2D eigenvalue weighted by Crippen LogP contribution is -2.30. The van der Waals surface area contributed by atoms with Gasteiger partial charge in [-0.2, -0.15) is 0 Å². The minimum atomic E-state index is -3.83. The monoisotopic (exact) mass is 255 g/mol. The molecule has 1 aromatic carbocycles. The Kier molecular flexibility index (Phi) is 4.28. The first-order valence-corrected chi connectivity index (χ1v) is 6.28. The summed E-state index contributed by atoms with van der Waals surface area (Å²) < 4.78 is 29.2. The Morgan fingerprint density at radius 3 is 2.41 bits per heavy atom. The van der Waals surface area contributed by atoms with Gasteiger partial charge in [0.05, 0.1) is 12.0 Å². The summed E-state index contributed by atoms with van der Waals surface area (Å²) in [5.41, 5.74) is 0.736. The molecule has 0 aliphatic carbocycles. The summed E-state index contributed by atoms with van der Waals surface area (Å²) in [5, 5.41) is 0. The van der Waals surface area contributed by atoms with Gasteiger partial charge in [-0.1, -0.05) is 30.3 Å². The van der Waals surface area contributed by atoms with Crippen molar-refractivity contribution in [1.29, 1.82) is 0 Å². The number of nitrogens with one attached hydrogen (secondary N) is 1. The number of rotatable bonds is 3. The van der Waals surface area contributed by atoms with Crippen molar-refractivity contribution in [2.24, 2.45) is 0 Å². The molecule has 0 saturated carbocycles. The zero-order chi connectivity index (χ0) is 12.9. The van der Waals surface area contributed by atoms with Gasteiger partial charge < -0.3 is 4.74 Å². The summed E-state index contributed by atoms with van der Waals surface area (Å²) in [7, 11) is -2.73. The van der Waals surface area contributed by atoms with E-state index in [1.807, 2.05) is 6.07 Å². The summed E-state index contributed by atoms with van der Waals surface area (Å²) in [5.74, 6) is 0. The highest BCUT2D eigenvalue weighted by Crippen LogP contribution is 2.10. The van der Waals surface area contributed by atoms with Crippen LogP contribution >= 0.6 is 0 Å². The summed E-state index contributed by atoms with van der Waals surface area (Å²) in [4.78, 5) is 10.9. The Labute approximate surface area is 100 Å². The molecular formula is C11H13NO4S. The number of allylic oxidation sites excluding steroid dienone is 1. The minimum Gasteiger partial charge on any atom is -0.452 e. The van der Waals surface area contributed by atoms with Crippen molar-refractivity contribution in [1.82, 2.24) is 4.72 Å². The molecule has 0 aliphatic heterocycles. The number of benzene rings is 1. The maximum atomic E-state index is 11.6. The first-order valence-electron chi connectivity index (χ1n) is 4.80. The molecule has 1 N–H and O–H groups in total. The van der Waals surface area contributed by atoms with E-state index in [0.29, 0.717) is 0 Å². The summed E-state index contributed by atoms with van der Waals surface area (Å²) >= 11 is 0. The van der Waals surface area contributed by atoms with Crippen LogP contribution in [0.1, 0.15) is 12.5 Å². The van der Waals surface area contributed by atoms with Gasteiger partial charge in [-0.15, -0.1) is 0 Å². The van der Waals surface area contributed by atoms with E-state index < -0.39 is 16.1 Å². The van der Waals surface area contributed by atoms with Crippen LogP contribution in [0.4, 0.5) is 4.79 Å². The summed E-state index contributed by atoms with van der Waals surface area (Å²) in [6.07, 6.45) is 0.455. The van der Waals surface area contributed by atoms with Crippen molar-refractivity contribution in [3.05, 3.63) is 40.8 Å². The van der Waals surface area contributed by atoms with Crippen LogP contribution in [0.25, 0.3) is 6.08 Å². The summed E-state index contributed by atoms with van der Waals surface area (Å²) in [6, 6.07) is 8.93. The largest absolute Gasteiger partial charge is 0.452 e. The van der Waals surface area contributed by atoms with E-state index in [0.717, 1.165) is 12.7 Å². The predicted octanol–water partition coefficient (Wildman–Crippen LogP) is 1.73. The average molecular weight is 255 g/mol. The fourth-order valence-electron chi connectivity index (χ4n) is 1.09. The molecule has 0 saturated heterocycles. The molecule has 1 rings (SSSR count). The number of carbonyl (C=O) groups is 1. The molecule has 0 atom stereocenters. The molecule has 0 aliphatic rings. The van der Waals surface area contributed by atoms with Crippen LogP contribution in [0, 0.1) is 0 Å². The lowest BCUT2D eigenvalue weighted by Gasteiger charge is -2.05. The van der Waals surface area contributed by atoms with Crippen molar-refractivity contribution >= 4 is 22.2 Å². The zero-order valence-corrected chi connectivity index (χ0v) is 10.3. The van der Waals surface area contributed by atoms with Gasteiger partial charge in [-0.05, 0) is 18.6 Å². The molecule has 0 bridgehead atoms. The Morgan fingerprint density at radius 2 is 1.88 bits per heavy atom. The molecule has 0 unspecified atom stereocenters. The maximum absolute atomic E-state index is 11.6. The van der Waals surface area contributed by atoms with Gasteiger partial charge in [0.15, 0.2) is 0 Å². The van der Waals surface area contributed by atoms with Crippen molar-refractivity contribution < 1.29 is 17.9 Å². The highest BCUT2D eigenvalue weighted by Gasteiger charge is 2.16. The van der Waals surface area contributed by atoms with E-state index in [-0.39, 0.29) is 4.91 Å². The first-order chi connectivity index (χ1) is 7.95. The van der Waals surface area contributed by atoms with E-state index in [1.165, 1.54) is 13.0 Å². The number of methoxy groups -OCH3 is 1. The van der Waals surface area contributed by atoms with Crippen molar-refractivity contribution in [3.63, 3.8) is 0 Å². The van der Waals surface area contributed by atoms with Crippen molar-refractivity contribution in [2.75, 3.05) is 7.11 Å². The van der Waals surface area contributed by atoms with Crippen molar-refractivity contribution in [3.8, 4) is 0 Å². The first kappa shape index (κ1) is 13.2. The average Bonchev–Trinajstić information content (AvgIpc) is 2.29. The summed E-state index contributed by atoms with van der Waals surface area (Å²) in [6.45, 7) is 1.40. The van der Waals surface area contributed by atoms with E-state index >= 15 is 0 Å². The SMILES string of the molecule is COC(=O)NS(=O)(=O)/C(C)=C/c1ccccc1. The molecule has 0 fully saturated rings. The van der Waals surface area contributed by atoms with Gasteiger partial charge >= 0.3 is 6.09 Å². The van der Waals surface area contributed by atoms with Crippen LogP contribution in [0.2, 0.25) is 0 Å². The number of amides is 1. The van der Waals surface area contributed by atoms with Crippen LogP contribution in [0.3, 0.4) is 0 Å². The van der Waals surface area contributed by atoms with Crippen LogP contribution in [0.5, 0.6) is 0 Å². The van der Waals surface area contributed by atoms with Crippen LogP contribution < -0.4 is 4.72 Å². The normalized spacial score (nSPS) is 12.0. The highest BCUT2D eigenvalue weighted by molar-refractivity contribution is 7.94. The topological polar surface area (TPSA) is 72.5 Å². The quantitative estimate of drug-likeness (QED) is 0.892. The molecule has 1 aromatic rings. The van der Waals surface area contributed by atoms with E-state index in [9.17, 15) is 13.2 Å². The third-order valence-corrected chi connectivity index (χ3v) is 3.40. The Balaban J connectivity index is 2.93. The third-order valence-electron chi connectivity index (χ3n) is 2.00. The molecule has 17 heavy (non-hydrogen) atoms. The number of sulfonamides is 1. The molecule has 0 spiro atoms. The smallest absolute Gasteiger partial charge is 0.420 e. The fraction of sp³-hybridized carbons (Fsp3) is 0.182. The zero-order valence-electron chi connectivity index (χ0n) is 9.51. The second-order valence-corrected chi connectivity index (χ2v) is 5.12. The van der Waals surface area contributed by atoms with E-state index in [2.05, 4.69) is 4.74 Å². The standard InChI is InChI=1S/C11H13NO4S/c1-9(8-10-6-4-3-5-7-10)17(14,15)12-11(13)16-2/h3-8H,1-2H3,(H,12,13)/b9-8+. The van der Waals surface area contributed by atoms with Crippen LogP contribution in [0.15, 0.2) is 35.2 Å². The molecular weight excluding hydrogens is 242 g/mol. The van der Waals surface area contributed by atoms with Gasteiger partial charge in [0, 0.05) is 0 Å². The third kappa shape index (κ3) is 3.92. The van der Waals surface area contributed by atoms with Gasteiger partial charge in [0.25, 0.3) is 10.0 Å². The second kappa shape index (κ2) is 5.49. The van der Waals surface area contributed by atoms with Crippen LogP contribution in [-0.2, 0) is 14.8 Å². The minimum absolute atomic E-state index is 0.0362. The Morgan fingerprint density at radius 1 is 1.29 bits per heavy atom. The van der Waals surface area contributed by atoms with Gasteiger partial charge in [0.2, 0.25) is 0 Å². The van der Waals surface area contributed by atoms with Gasteiger partial charge in [0.1, 0.15) is 0 Å². The molecule has 0 heterocycles. The number of carbonyl (C=O) groups excluding carboxylic acids is 1. The van der Waals surface area contributed by atoms with Crippen molar-refractivity contribution in [2.45, 2.75) is 6.92 Å². The Bertz CT molecular complexity index is 520. The molecule has 1 amide bonds. The molecule has 6 heteroatoms. The van der Waals surface area contributed by atoms with Crippen LogP contribution in [-0.4, -0.2) is 21.6 Å². The van der Waals surface area contributed by atoms with Gasteiger partial charge in [-0.3, -0.25) is 0 Å². The number of hydrogen-bond donors (Lipinski definition) is 1.